The summed E-state index contributed by atoms with van der Waals surface area (Å²) in [7, 11) is 0. The molecular formula is C4H6N2O. The molecule has 0 aliphatic heterocycles. The monoisotopic (exact) mass is 98.0 g/mol. The Kier molecular flexibility index (Phi) is 2.59. The van der Waals surface area contributed by atoms with Crippen LogP contribution in [0.25, 0.3) is 0 Å². The van der Waals surface area contributed by atoms with Crippen LogP contribution in [0, 0.1) is 5.41 Å². The molecule has 0 saturated carbocycles. The van der Waals surface area contributed by atoms with Gasteiger partial charge in [-0.3, -0.25) is 10.2 Å². The predicted molar refractivity (Wildman–Crippen MR) is 27.1 cm³/mol. The highest BCUT2D eigenvalue weighted by Gasteiger charge is 1.78. The SMILES string of the molecule is N=C(C=O)/C=C\N. The summed E-state index contributed by atoms with van der Waals surface area (Å²) >= 11 is 0. The summed E-state index contributed by atoms with van der Waals surface area (Å²) in [6.45, 7) is 0. The molecule has 0 spiro atoms. The number of hydrogen-bond acceptors (Lipinski definition) is 3. The van der Waals surface area contributed by atoms with E-state index in [1.54, 1.807) is 0 Å². The third kappa shape index (κ3) is 2.69. The van der Waals surface area contributed by atoms with E-state index in [0.717, 1.165) is 6.20 Å². The zero-order chi connectivity index (χ0) is 5.70. The quantitative estimate of drug-likeness (QED) is 0.367. The Morgan fingerprint density at radius 1 is 1.71 bits per heavy atom. The number of allylic oxidation sites excluding steroid dienone is 1. The number of nitrogens with two attached hydrogens (primary N) is 1. The smallest absolute Gasteiger partial charge is 0.167 e. The minimum atomic E-state index is -0.109. The van der Waals surface area contributed by atoms with Gasteiger partial charge in [-0.2, -0.15) is 0 Å². The van der Waals surface area contributed by atoms with Gasteiger partial charge in [0.1, 0.15) is 0 Å². The van der Waals surface area contributed by atoms with Gasteiger partial charge in [0.05, 0.1) is 5.71 Å². The Labute approximate surface area is 41.3 Å². The Balaban J connectivity index is 3.58. The van der Waals surface area contributed by atoms with Crippen LogP contribution in [0.1, 0.15) is 0 Å². The highest BCUT2D eigenvalue weighted by atomic mass is 16.1. The first-order valence-electron chi connectivity index (χ1n) is 1.73. The number of hydrogen-bond donors (Lipinski definition) is 2. The maximum Gasteiger partial charge on any atom is 0.167 e. The number of aldehydes is 1. The molecule has 0 aliphatic carbocycles. The van der Waals surface area contributed by atoms with Crippen molar-refractivity contribution in [1.82, 2.24) is 0 Å². The van der Waals surface area contributed by atoms with E-state index >= 15 is 0 Å². The number of rotatable bonds is 2. The van der Waals surface area contributed by atoms with Crippen molar-refractivity contribution < 1.29 is 4.79 Å². The van der Waals surface area contributed by atoms with E-state index < -0.39 is 0 Å². The van der Waals surface area contributed by atoms with Crippen molar-refractivity contribution in [3.8, 4) is 0 Å². The summed E-state index contributed by atoms with van der Waals surface area (Å²) in [5, 5.41) is 6.60. The highest BCUT2D eigenvalue weighted by Crippen LogP contribution is 1.64. The first kappa shape index (κ1) is 5.88. The molecular weight excluding hydrogens is 92.1 g/mol. The number of carbonyl (C=O) groups is 1. The average molecular weight is 98.1 g/mol. The van der Waals surface area contributed by atoms with Crippen molar-refractivity contribution in [2.45, 2.75) is 0 Å². The van der Waals surface area contributed by atoms with Gasteiger partial charge in [0.2, 0.25) is 0 Å². The fourth-order valence-corrected chi connectivity index (χ4v) is 0.143. The largest absolute Gasteiger partial charge is 0.405 e. The molecule has 0 fully saturated rings. The van der Waals surface area contributed by atoms with Crippen LogP contribution in [-0.2, 0) is 4.79 Å². The standard InChI is InChI=1S/C4H6N2O/c5-2-1-4(6)3-7/h1-3,6H,5H2/b2-1-,6-4?. The van der Waals surface area contributed by atoms with E-state index in [9.17, 15) is 4.79 Å². The zero-order valence-corrected chi connectivity index (χ0v) is 3.72. The van der Waals surface area contributed by atoms with Crippen LogP contribution >= 0.6 is 0 Å². The van der Waals surface area contributed by atoms with Crippen molar-refractivity contribution in [2.75, 3.05) is 0 Å². The normalized spacial score (nSPS) is 9.14. The first-order valence-corrected chi connectivity index (χ1v) is 1.73. The molecule has 0 rings (SSSR count). The van der Waals surface area contributed by atoms with Crippen LogP contribution in [0.4, 0.5) is 0 Å². The molecule has 3 nitrogen and oxygen atoms in total. The average Bonchev–Trinajstić information content (AvgIpc) is 1.68. The van der Waals surface area contributed by atoms with Crippen molar-refractivity contribution in [3.05, 3.63) is 12.3 Å². The van der Waals surface area contributed by atoms with E-state index in [4.69, 9.17) is 11.1 Å². The Morgan fingerprint density at radius 2 is 2.29 bits per heavy atom. The molecule has 0 aromatic rings. The minimum absolute atomic E-state index is 0.109. The van der Waals surface area contributed by atoms with Gasteiger partial charge >= 0.3 is 0 Å². The molecule has 0 bridgehead atoms. The topological polar surface area (TPSA) is 66.9 Å². The predicted octanol–water partition coefficient (Wildman–Crippen LogP) is -0.323. The van der Waals surface area contributed by atoms with E-state index in [-0.39, 0.29) is 5.71 Å². The second-order valence-corrected chi connectivity index (χ2v) is 0.932. The summed E-state index contributed by atoms with van der Waals surface area (Å²) in [6, 6.07) is 0. The summed E-state index contributed by atoms with van der Waals surface area (Å²) in [4.78, 5) is 9.56. The second-order valence-electron chi connectivity index (χ2n) is 0.932. The lowest BCUT2D eigenvalue weighted by atomic mass is 10.4. The Bertz CT molecular complexity index is 106. The Hall–Kier alpha value is -1.12. The molecule has 0 radical (unpaired) electrons. The van der Waals surface area contributed by atoms with E-state index in [1.807, 2.05) is 0 Å². The van der Waals surface area contributed by atoms with E-state index in [2.05, 4.69) is 0 Å². The molecule has 0 saturated heterocycles. The lowest BCUT2D eigenvalue weighted by Crippen LogP contribution is -1.91. The maximum absolute atomic E-state index is 9.56. The maximum atomic E-state index is 9.56. The lowest BCUT2D eigenvalue weighted by Gasteiger charge is -1.73. The third-order valence-corrected chi connectivity index (χ3v) is 0.403. The zero-order valence-electron chi connectivity index (χ0n) is 3.72. The molecule has 0 unspecified atom stereocenters. The minimum Gasteiger partial charge on any atom is -0.405 e. The fraction of sp³-hybridized carbons (Fsp3) is 0. The molecule has 3 heteroatoms. The van der Waals surface area contributed by atoms with Crippen molar-refractivity contribution in [1.29, 1.82) is 5.41 Å². The molecule has 0 amide bonds. The fourth-order valence-electron chi connectivity index (χ4n) is 0.143. The van der Waals surface area contributed by atoms with Gasteiger partial charge in [-0.15, -0.1) is 0 Å². The van der Waals surface area contributed by atoms with Gasteiger partial charge in [0.15, 0.2) is 6.29 Å². The molecule has 38 valence electrons. The van der Waals surface area contributed by atoms with Crippen LogP contribution in [0.3, 0.4) is 0 Å². The van der Waals surface area contributed by atoms with Gasteiger partial charge < -0.3 is 5.73 Å². The summed E-state index contributed by atoms with van der Waals surface area (Å²) in [6.07, 6.45) is 2.78. The third-order valence-electron chi connectivity index (χ3n) is 0.403. The molecule has 0 atom stereocenters. The van der Waals surface area contributed by atoms with Gasteiger partial charge in [0.25, 0.3) is 0 Å². The van der Waals surface area contributed by atoms with E-state index in [1.165, 1.54) is 6.08 Å². The summed E-state index contributed by atoms with van der Waals surface area (Å²) < 4.78 is 0. The molecule has 0 aliphatic rings. The molecule has 0 heterocycles. The van der Waals surface area contributed by atoms with Crippen LogP contribution in [-0.4, -0.2) is 12.0 Å². The van der Waals surface area contributed by atoms with Gasteiger partial charge in [0, 0.05) is 0 Å². The first-order chi connectivity index (χ1) is 3.31. The number of carbonyl (C=O) groups excluding carboxylic acids is 1. The van der Waals surface area contributed by atoms with Crippen LogP contribution in [0.5, 0.6) is 0 Å². The van der Waals surface area contributed by atoms with Crippen molar-refractivity contribution in [3.63, 3.8) is 0 Å². The molecule has 3 N–H and O–H groups in total. The van der Waals surface area contributed by atoms with Crippen molar-refractivity contribution >= 4 is 12.0 Å². The summed E-state index contributed by atoms with van der Waals surface area (Å²) in [5.41, 5.74) is 4.72. The van der Waals surface area contributed by atoms with Crippen molar-refractivity contribution in [2.24, 2.45) is 5.73 Å². The van der Waals surface area contributed by atoms with Crippen LogP contribution in [0.15, 0.2) is 12.3 Å². The molecule has 7 heavy (non-hydrogen) atoms. The highest BCUT2D eigenvalue weighted by molar-refractivity contribution is 6.32. The van der Waals surface area contributed by atoms with Gasteiger partial charge in [-0.05, 0) is 12.3 Å². The Morgan fingerprint density at radius 3 is 2.43 bits per heavy atom. The van der Waals surface area contributed by atoms with Crippen LogP contribution < -0.4 is 5.73 Å². The second kappa shape index (κ2) is 3.08. The van der Waals surface area contributed by atoms with Gasteiger partial charge in [-0.1, -0.05) is 0 Å². The molecule has 0 aromatic heterocycles. The van der Waals surface area contributed by atoms with Gasteiger partial charge in [-0.25, -0.2) is 0 Å². The molecule has 0 aromatic carbocycles. The van der Waals surface area contributed by atoms with Crippen LogP contribution in [0.2, 0.25) is 0 Å². The number of nitrogens with one attached hydrogen (secondary N) is 1. The lowest BCUT2D eigenvalue weighted by molar-refractivity contribution is -0.102. The van der Waals surface area contributed by atoms with E-state index in [0.29, 0.717) is 6.29 Å². The summed E-state index contributed by atoms with van der Waals surface area (Å²) in [5.74, 6) is 0.